The van der Waals surface area contributed by atoms with Crippen molar-refractivity contribution in [2.24, 2.45) is 0 Å². The highest BCUT2D eigenvalue weighted by Gasteiger charge is 2.16. The summed E-state index contributed by atoms with van der Waals surface area (Å²) in [4.78, 5) is 4.54. The maximum absolute atomic E-state index is 6.13. The van der Waals surface area contributed by atoms with Crippen molar-refractivity contribution in [3.05, 3.63) is 23.2 Å². The van der Waals surface area contributed by atoms with Crippen LogP contribution in [0.4, 0.5) is 11.4 Å². The standard InChI is InChI=1S/C15H24ClN3/c1-18(2)15-7-6-12(16)11-14(15)17-13-5-4-9-19(3)10-8-13/h6-7,11,13,17H,4-5,8-10H2,1-3H3. The van der Waals surface area contributed by atoms with E-state index in [0.717, 1.165) is 17.3 Å². The van der Waals surface area contributed by atoms with E-state index < -0.39 is 0 Å². The average molecular weight is 282 g/mol. The van der Waals surface area contributed by atoms with Gasteiger partial charge in [0.25, 0.3) is 0 Å². The van der Waals surface area contributed by atoms with Crippen molar-refractivity contribution in [2.75, 3.05) is 44.4 Å². The van der Waals surface area contributed by atoms with Crippen LogP contribution in [0.25, 0.3) is 0 Å². The molecular formula is C15H24ClN3. The van der Waals surface area contributed by atoms with Crippen LogP contribution < -0.4 is 10.2 Å². The molecule has 0 radical (unpaired) electrons. The topological polar surface area (TPSA) is 18.5 Å². The van der Waals surface area contributed by atoms with Gasteiger partial charge in [0.2, 0.25) is 0 Å². The third-order valence-corrected chi connectivity index (χ3v) is 3.99. The molecule has 1 aliphatic heterocycles. The smallest absolute Gasteiger partial charge is 0.0597 e. The Bertz CT molecular complexity index is 420. The maximum atomic E-state index is 6.13. The second-order valence-electron chi connectivity index (χ2n) is 5.63. The number of hydrogen-bond donors (Lipinski definition) is 1. The van der Waals surface area contributed by atoms with Gasteiger partial charge in [-0.3, -0.25) is 0 Å². The van der Waals surface area contributed by atoms with Gasteiger partial charge in [-0.05, 0) is 57.6 Å². The van der Waals surface area contributed by atoms with E-state index in [9.17, 15) is 0 Å². The summed E-state index contributed by atoms with van der Waals surface area (Å²) >= 11 is 6.13. The Balaban J connectivity index is 2.11. The van der Waals surface area contributed by atoms with Gasteiger partial charge in [-0.1, -0.05) is 11.6 Å². The molecule has 19 heavy (non-hydrogen) atoms. The molecule has 1 aliphatic rings. The number of hydrogen-bond acceptors (Lipinski definition) is 3. The molecule has 1 N–H and O–H groups in total. The highest BCUT2D eigenvalue weighted by molar-refractivity contribution is 6.31. The molecule has 1 fully saturated rings. The van der Waals surface area contributed by atoms with Crippen LogP contribution in [0.2, 0.25) is 5.02 Å². The van der Waals surface area contributed by atoms with Crippen LogP contribution in [0, 0.1) is 0 Å². The van der Waals surface area contributed by atoms with E-state index in [4.69, 9.17) is 11.6 Å². The number of anilines is 2. The summed E-state index contributed by atoms with van der Waals surface area (Å²) in [6.45, 7) is 2.36. The molecule has 1 aromatic rings. The molecule has 0 bridgehead atoms. The van der Waals surface area contributed by atoms with Crippen LogP contribution in [0.15, 0.2) is 18.2 Å². The molecule has 106 valence electrons. The first kappa shape index (κ1) is 14.5. The first-order chi connectivity index (χ1) is 9.06. The van der Waals surface area contributed by atoms with Crippen LogP contribution in [-0.2, 0) is 0 Å². The summed E-state index contributed by atoms with van der Waals surface area (Å²) in [6.07, 6.45) is 3.67. The molecule has 2 rings (SSSR count). The van der Waals surface area contributed by atoms with Gasteiger partial charge < -0.3 is 15.1 Å². The third-order valence-electron chi connectivity index (χ3n) is 3.75. The number of likely N-dealkylation sites (tertiary alicyclic amines) is 1. The highest BCUT2D eigenvalue weighted by Crippen LogP contribution is 2.29. The lowest BCUT2D eigenvalue weighted by atomic mass is 10.1. The van der Waals surface area contributed by atoms with Crippen molar-refractivity contribution in [1.29, 1.82) is 0 Å². The van der Waals surface area contributed by atoms with E-state index in [1.165, 1.54) is 31.5 Å². The normalized spacial score (nSPS) is 20.9. The Kier molecular flexibility index (Phi) is 4.94. The summed E-state index contributed by atoms with van der Waals surface area (Å²) in [5, 5.41) is 4.47. The zero-order valence-corrected chi connectivity index (χ0v) is 12.9. The van der Waals surface area contributed by atoms with Crippen molar-refractivity contribution in [3.63, 3.8) is 0 Å². The van der Waals surface area contributed by atoms with Gasteiger partial charge >= 0.3 is 0 Å². The second-order valence-corrected chi connectivity index (χ2v) is 6.07. The number of rotatable bonds is 3. The Labute approximate surface area is 121 Å². The fourth-order valence-electron chi connectivity index (χ4n) is 2.62. The van der Waals surface area contributed by atoms with Gasteiger partial charge in [-0.2, -0.15) is 0 Å². The van der Waals surface area contributed by atoms with Gasteiger partial charge in [0, 0.05) is 25.2 Å². The van der Waals surface area contributed by atoms with Crippen molar-refractivity contribution in [3.8, 4) is 0 Å². The van der Waals surface area contributed by atoms with Gasteiger partial charge in [0.05, 0.1) is 11.4 Å². The van der Waals surface area contributed by atoms with Crippen LogP contribution in [0.5, 0.6) is 0 Å². The molecule has 1 unspecified atom stereocenters. The van der Waals surface area contributed by atoms with E-state index in [0.29, 0.717) is 6.04 Å². The van der Waals surface area contributed by atoms with Crippen molar-refractivity contribution < 1.29 is 0 Å². The quantitative estimate of drug-likeness (QED) is 0.917. The third kappa shape index (κ3) is 4.02. The summed E-state index contributed by atoms with van der Waals surface area (Å²) < 4.78 is 0. The predicted molar refractivity (Wildman–Crippen MR) is 84.5 cm³/mol. The van der Waals surface area contributed by atoms with Crippen LogP contribution in [0.3, 0.4) is 0 Å². The molecule has 0 aliphatic carbocycles. The maximum Gasteiger partial charge on any atom is 0.0597 e. The predicted octanol–water partition coefficient (Wildman–Crippen LogP) is 3.30. The summed E-state index contributed by atoms with van der Waals surface area (Å²) in [5.41, 5.74) is 2.34. The summed E-state index contributed by atoms with van der Waals surface area (Å²) in [5.74, 6) is 0. The van der Waals surface area contributed by atoms with E-state index in [-0.39, 0.29) is 0 Å². The molecule has 0 aromatic heterocycles. The molecule has 0 saturated carbocycles. The number of nitrogens with one attached hydrogen (secondary N) is 1. The minimum Gasteiger partial charge on any atom is -0.381 e. The first-order valence-electron chi connectivity index (χ1n) is 6.98. The van der Waals surface area contributed by atoms with Crippen molar-refractivity contribution in [1.82, 2.24) is 4.90 Å². The van der Waals surface area contributed by atoms with E-state index in [1.807, 2.05) is 12.1 Å². The first-order valence-corrected chi connectivity index (χ1v) is 7.36. The molecule has 0 amide bonds. The second kappa shape index (κ2) is 6.49. The largest absolute Gasteiger partial charge is 0.381 e. The van der Waals surface area contributed by atoms with Crippen LogP contribution >= 0.6 is 11.6 Å². The molecule has 3 nitrogen and oxygen atoms in total. The molecular weight excluding hydrogens is 258 g/mol. The zero-order valence-electron chi connectivity index (χ0n) is 12.1. The Morgan fingerprint density at radius 1 is 1.26 bits per heavy atom. The monoisotopic (exact) mass is 281 g/mol. The van der Waals surface area contributed by atoms with E-state index >= 15 is 0 Å². The molecule has 1 heterocycles. The van der Waals surface area contributed by atoms with Crippen molar-refractivity contribution >= 4 is 23.0 Å². The van der Waals surface area contributed by atoms with E-state index in [2.05, 4.69) is 42.3 Å². The average Bonchev–Trinajstić information content (AvgIpc) is 2.54. The number of nitrogens with zero attached hydrogens (tertiary/aromatic N) is 2. The summed E-state index contributed by atoms with van der Waals surface area (Å²) in [6, 6.07) is 6.60. The molecule has 0 spiro atoms. The lowest BCUT2D eigenvalue weighted by molar-refractivity contribution is 0.348. The zero-order chi connectivity index (χ0) is 13.8. The lowest BCUT2D eigenvalue weighted by Crippen LogP contribution is -2.24. The Morgan fingerprint density at radius 2 is 2.05 bits per heavy atom. The number of halogens is 1. The Hall–Kier alpha value is -0.930. The van der Waals surface area contributed by atoms with Gasteiger partial charge in [-0.15, -0.1) is 0 Å². The molecule has 1 saturated heterocycles. The molecule has 1 atom stereocenters. The Morgan fingerprint density at radius 3 is 2.79 bits per heavy atom. The fourth-order valence-corrected chi connectivity index (χ4v) is 2.79. The molecule has 1 aromatic carbocycles. The minimum atomic E-state index is 0.544. The SMILES string of the molecule is CN1CCCC(Nc2cc(Cl)ccc2N(C)C)CC1. The minimum absolute atomic E-state index is 0.544. The van der Waals surface area contributed by atoms with Gasteiger partial charge in [0.15, 0.2) is 0 Å². The van der Waals surface area contributed by atoms with E-state index in [1.54, 1.807) is 0 Å². The molecule has 4 heteroatoms. The van der Waals surface area contributed by atoms with Gasteiger partial charge in [0.1, 0.15) is 0 Å². The van der Waals surface area contributed by atoms with Gasteiger partial charge in [-0.25, -0.2) is 0 Å². The van der Waals surface area contributed by atoms with Crippen LogP contribution in [-0.4, -0.2) is 45.2 Å². The van der Waals surface area contributed by atoms with Crippen molar-refractivity contribution in [2.45, 2.75) is 25.3 Å². The van der Waals surface area contributed by atoms with Crippen LogP contribution in [0.1, 0.15) is 19.3 Å². The number of benzene rings is 1. The highest BCUT2D eigenvalue weighted by atomic mass is 35.5. The lowest BCUT2D eigenvalue weighted by Gasteiger charge is -2.23. The summed E-state index contributed by atoms with van der Waals surface area (Å²) in [7, 11) is 6.33. The fraction of sp³-hybridized carbons (Fsp3) is 0.600.